The van der Waals surface area contributed by atoms with Crippen molar-refractivity contribution in [3.63, 3.8) is 0 Å². The average Bonchev–Trinajstić information content (AvgIpc) is 2.89. The van der Waals surface area contributed by atoms with E-state index in [1.807, 2.05) is 57.2 Å². The van der Waals surface area contributed by atoms with Crippen LogP contribution in [0.15, 0.2) is 83.8 Å². The lowest BCUT2D eigenvalue weighted by Crippen LogP contribution is -2.52. The van der Waals surface area contributed by atoms with Crippen molar-refractivity contribution in [3.8, 4) is 0 Å². The first-order valence-electron chi connectivity index (χ1n) is 13.2. The van der Waals surface area contributed by atoms with Crippen molar-refractivity contribution in [2.24, 2.45) is 11.3 Å². The van der Waals surface area contributed by atoms with Crippen molar-refractivity contribution in [2.45, 2.75) is 63.0 Å². The van der Waals surface area contributed by atoms with Gasteiger partial charge in [0.1, 0.15) is 0 Å². The summed E-state index contributed by atoms with van der Waals surface area (Å²) in [5.41, 5.74) is -0.205. The predicted octanol–water partition coefficient (Wildman–Crippen LogP) is 5.21. The maximum Gasteiger partial charge on any atom is 0.272 e. The highest BCUT2D eigenvalue weighted by atomic mass is 32.2. The van der Waals surface area contributed by atoms with E-state index in [2.05, 4.69) is 24.3 Å². The first-order chi connectivity index (χ1) is 18.0. The molecular formula is C30H37NO5SSi. The van der Waals surface area contributed by atoms with Crippen LogP contribution in [0.4, 0.5) is 5.69 Å². The van der Waals surface area contributed by atoms with Crippen molar-refractivity contribution < 1.29 is 17.8 Å². The molecule has 3 aromatic carbocycles. The zero-order valence-corrected chi connectivity index (χ0v) is 24.6. The van der Waals surface area contributed by atoms with Crippen LogP contribution in [0.2, 0.25) is 0 Å². The first kappa shape index (κ1) is 28.2. The van der Waals surface area contributed by atoms with Gasteiger partial charge in [0.05, 0.1) is 14.6 Å². The third kappa shape index (κ3) is 5.48. The topological polar surface area (TPSA) is 86.5 Å². The van der Waals surface area contributed by atoms with Gasteiger partial charge in [-0.1, -0.05) is 81.4 Å². The van der Waals surface area contributed by atoms with E-state index < -0.39 is 34.0 Å². The number of benzene rings is 3. The summed E-state index contributed by atoms with van der Waals surface area (Å²) < 4.78 is 34.0. The molecule has 0 amide bonds. The molecule has 0 atom stereocenters. The van der Waals surface area contributed by atoms with Crippen molar-refractivity contribution >= 4 is 34.9 Å². The molecule has 1 aliphatic carbocycles. The monoisotopic (exact) mass is 551 g/mol. The summed E-state index contributed by atoms with van der Waals surface area (Å²) in [6, 6.07) is 24.9. The fourth-order valence-corrected chi connectivity index (χ4v) is 10.8. The number of nitro benzene ring substituents is 1. The molecule has 0 N–H and O–H groups in total. The van der Waals surface area contributed by atoms with Crippen LogP contribution in [0.3, 0.4) is 0 Å². The van der Waals surface area contributed by atoms with E-state index in [-0.39, 0.29) is 16.5 Å². The Hall–Kier alpha value is -2.81. The molecule has 202 valence electrons. The highest BCUT2D eigenvalue weighted by Crippen LogP contribution is 2.51. The standard InChI is InChI=1S/C30H37NO5SSi/c1-23-21-25(15-16-28(23)31(32)33)37(34,35)30(29(2,3)4)19-17-24(18-20-30)22-36-38(26-11-7-5-8-12-26)27-13-9-6-10-14-27/h5-16,21,24,38H,17-20,22H2,1-4H3. The van der Waals surface area contributed by atoms with E-state index in [9.17, 15) is 18.5 Å². The van der Waals surface area contributed by atoms with Gasteiger partial charge in [-0.2, -0.15) is 0 Å². The predicted molar refractivity (Wildman–Crippen MR) is 154 cm³/mol. The van der Waals surface area contributed by atoms with Gasteiger partial charge in [-0.15, -0.1) is 0 Å². The van der Waals surface area contributed by atoms with Crippen molar-refractivity contribution in [1.82, 2.24) is 0 Å². The Balaban J connectivity index is 1.54. The smallest absolute Gasteiger partial charge is 0.272 e. The Morgan fingerprint density at radius 2 is 1.47 bits per heavy atom. The number of hydrogen-bond acceptors (Lipinski definition) is 5. The molecule has 1 aliphatic rings. The van der Waals surface area contributed by atoms with Crippen LogP contribution in [0.1, 0.15) is 52.0 Å². The minimum absolute atomic E-state index is 0.0647. The number of nitrogens with zero attached hydrogens (tertiary/aromatic N) is 1. The zero-order chi connectivity index (χ0) is 27.6. The second-order valence-electron chi connectivity index (χ2n) is 11.4. The van der Waals surface area contributed by atoms with Gasteiger partial charge in [-0.05, 0) is 66.4 Å². The molecule has 6 nitrogen and oxygen atoms in total. The Morgan fingerprint density at radius 3 is 1.92 bits per heavy atom. The number of rotatable bonds is 8. The summed E-state index contributed by atoms with van der Waals surface area (Å²) in [6.45, 7) is 8.18. The van der Waals surface area contributed by atoms with E-state index in [0.29, 0.717) is 25.0 Å². The van der Waals surface area contributed by atoms with E-state index in [1.165, 1.54) is 28.6 Å². The fraction of sp³-hybridized carbons (Fsp3) is 0.400. The maximum absolute atomic E-state index is 14.1. The molecule has 0 unspecified atom stereocenters. The molecule has 38 heavy (non-hydrogen) atoms. The minimum Gasteiger partial charge on any atom is -0.411 e. The SMILES string of the molecule is Cc1cc(S(=O)(=O)C2(C(C)(C)C)CCC(CO[SiH](c3ccccc3)c3ccccc3)CC2)ccc1[N+](=O)[O-]. The summed E-state index contributed by atoms with van der Waals surface area (Å²) >= 11 is 0. The van der Waals surface area contributed by atoms with Crippen LogP contribution in [0, 0.1) is 28.4 Å². The van der Waals surface area contributed by atoms with Crippen LogP contribution in [-0.2, 0) is 14.3 Å². The number of hydrogen-bond donors (Lipinski definition) is 0. The summed E-state index contributed by atoms with van der Waals surface area (Å²) in [5, 5.41) is 13.7. The number of nitro groups is 1. The van der Waals surface area contributed by atoms with Gasteiger partial charge in [-0.25, -0.2) is 8.42 Å². The normalized spacial score (nSPS) is 20.4. The lowest BCUT2D eigenvalue weighted by atomic mass is 9.69. The van der Waals surface area contributed by atoms with E-state index in [4.69, 9.17) is 4.43 Å². The van der Waals surface area contributed by atoms with Gasteiger partial charge in [-0.3, -0.25) is 10.1 Å². The summed E-state index contributed by atoms with van der Waals surface area (Å²) in [4.78, 5) is 11.0. The van der Waals surface area contributed by atoms with Crippen molar-refractivity contribution in [2.75, 3.05) is 6.61 Å². The van der Waals surface area contributed by atoms with Gasteiger partial charge >= 0.3 is 0 Å². The molecule has 8 heteroatoms. The average molecular weight is 552 g/mol. The fourth-order valence-electron chi connectivity index (χ4n) is 5.83. The molecule has 0 aromatic heterocycles. The largest absolute Gasteiger partial charge is 0.411 e. The van der Waals surface area contributed by atoms with Crippen molar-refractivity contribution in [1.29, 1.82) is 0 Å². The minimum atomic E-state index is -3.74. The van der Waals surface area contributed by atoms with Gasteiger partial charge < -0.3 is 4.43 Å². The molecule has 1 saturated carbocycles. The molecule has 3 aromatic rings. The Kier molecular flexibility index (Phi) is 8.25. The summed E-state index contributed by atoms with van der Waals surface area (Å²) in [7, 11) is -5.60. The molecule has 0 spiro atoms. The molecule has 0 heterocycles. The van der Waals surface area contributed by atoms with Gasteiger partial charge in [0.2, 0.25) is 9.04 Å². The van der Waals surface area contributed by atoms with Gasteiger partial charge in [0, 0.05) is 18.2 Å². The van der Waals surface area contributed by atoms with Crippen molar-refractivity contribution in [3.05, 3.63) is 94.5 Å². The molecule has 1 fully saturated rings. The molecule has 0 radical (unpaired) electrons. The molecule has 0 saturated heterocycles. The van der Waals surface area contributed by atoms with E-state index in [1.54, 1.807) is 6.92 Å². The zero-order valence-electron chi connectivity index (χ0n) is 22.6. The van der Waals surface area contributed by atoms with Crippen LogP contribution < -0.4 is 10.4 Å². The lowest BCUT2D eigenvalue weighted by molar-refractivity contribution is -0.385. The van der Waals surface area contributed by atoms with Crippen LogP contribution in [0.25, 0.3) is 0 Å². The van der Waals surface area contributed by atoms with Crippen LogP contribution in [0.5, 0.6) is 0 Å². The van der Waals surface area contributed by atoms with Crippen LogP contribution >= 0.6 is 0 Å². The van der Waals surface area contributed by atoms with E-state index >= 15 is 0 Å². The molecule has 0 aliphatic heterocycles. The quantitative estimate of drug-likeness (QED) is 0.218. The number of aryl methyl sites for hydroxylation is 1. The maximum atomic E-state index is 14.1. The first-order valence-corrected chi connectivity index (χ1v) is 16.3. The van der Waals surface area contributed by atoms with Crippen LogP contribution in [-0.4, -0.2) is 33.7 Å². The highest BCUT2D eigenvalue weighted by molar-refractivity contribution is 7.93. The van der Waals surface area contributed by atoms with Gasteiger partial charge in [0.15, 0.2) is 9.84 Å². The lowest BCUT2D eigenvalue weighted by Gasteiger charge is -2.48. The molecule has 0 bridgehead atoms. The Morgan fingerprint density at radius 1 is 0.947 bits per heavy atom. The summed E-state index contributed by atoms with van der Waals surface area (Å²) in [5.74, 6) is 0.279. The van der Waals surface area contributed by atoms with Gasteiger partial charge in [0.25, 0.3) is 5.69 Å². The second-order valence-corrected chi connectivity index (χ2v) is 16.1. The number of sulfone groups is 1. The molecular weight excluding hydrogens is 514 g/mol. The summed E-state index contributed by atoms with van der Waals surface area (Å²) in [6.07, 6.45) is 2.58. The third-order valence-electron chi connectivity index (χ3n) is 8.17. The Labute approximate surface area is 227 Å². The van der Waals surface area contributed by atoms with E-state index in [0.717, 1.165) is 12.8 Å². The Bertz CT molecular complexity index is 1320. The molecule has 4 rings (SSSR count). The highest BCUT2D eigenvalue weighted by Gasteiger charge is 2.54. The second kappa shape index (κ2) is 11.1. The third-order valence-corrected chi connectivity index (χ3v) is 13.6.